The predicted octanol–water partition coefficient (Wildman–Crippen LogP) is 4.35. The number of rotatable bonds is 7. The van der Waals surface area contributed by atoms with Crippen molar-refractivity contribution in [3.05, 3.63) is 52.0 Å². The van der Waals surface area contributed by atoms with Gasteiger partial charge in [0.2, 0.25) is 12.7 Å². The van der Waals surface area contributed by atoms with Gasteiger partial charge in [0, 0.05) is 30.1 Å². The number of halogens is 1. The van der Waals surface area contributed by atoms with Crippen molar-refractivity contribution in [2.75, 3.05) is 13.3 Å². The molecule has 5 rings (SSSR count). The van der Waals surface area contributed by atoms with E-state index in [-0.39, 0.29) is 18.7 Å². The minimum absolute atomic E-state index is 0.220. The molecule has 156 valence electrons. The maximum absolute atomic E-state index is 12.5. The average molecular weight is 444 g/mol. The lowest BCUT2D eigenvalue weighted by molar-refractivity contribution is -0.129. The minimum atomic E-state index is 0.220. The first-order chi connectivity index (χ1) is 14.7. The number of ether oxygens (including phenoxy) is 2. The van der Waals surface area contributed by atoms with Crippen LogP contribution in [0.2, 0.25) is 5.02 Å². The lowest BCUT2D eigenvalue weighted by atomic mass is 10.1. The van der Waals surface area contributed by atoms with Gasteiger partial charge in [-0.15, -0.1) is 11.3 Å². The highest BCUT2D eigenvalue weighted by Crippen LogP contribution is 2.36. The molecule has 1 N–H and O–H groups in total. The molecule has 2 aliphatic rings. The number of carbonyl (C=O) groups excluding carboxylic acids is 1. The van der Waals surface area contributed by atoms with Crippen LogP contribution in [-0.4, -0.2) is 35.2 Å². The maximum Gasteiger partial charge on any atom is 0.231 e. The number of hydrogen-bond donors (Lipinski definition) is 1. The highest BCUT2D eigenvalue weighted by Gasteiger charge is 2.31. The predicted molar refractivity (Wildman–Crippen MR) is 117 cm³/mol. The largest absolute Gasteiger partial charge is 0.454 e. The molecule has 2 aromatic carbocycles. The standard InChI is InChI=1S/C22H22ClN3O3S/c23-16-10-19-18(28-13-29-19)9-14(16)11-24-8-7-15-5-6-22(27)26(15)12-21-25-17-3-1-2-4-20(17)30-21/h1-4,9-10,15,24H,5-8,11-13H2. The van der Waals surface area contributed by atoms with Crippen molar-refractivity contribution in [2.45, 2.75) is 38.4 Å². The maximum atomic E-state index is 12.5. The van der Waals surface area contributed by atoms with E-state index in [1.807, 2.05) is 29.2 Å². The van der Waals surface area contributed by atoms with Crippen LogP contribution >= 0.6 is 22.9 Å². The summed E-state index contributed by atoms with van der Waals surface area (Å²) in [6.45, 7) is 2.28. The molecule has 0 saturated carbocycles. The Morgan fingerprint density at radius 2 is 2.07 bits per heavy atom. The van der Waals surface area contributed by atoms with Crippen molar-refractivity contribution in [2.24, 2.45) is 0 Å². The second kappa shape index (κ2) is 8.41. The summed E-state index contributed by atoms with van der Waals surface area (Å²) in [6, 6.07) is 12.1. The number of para-hydroxylation sites is 1. The van der Waals surface area contributed by atoms with E-state index in [0.29, 0.717) is 30.3 Å². The van der Waals surface area contributed by atoms with Crippen LogP contribution < -0.4 is 14.8 Å². The Morgan fingerprint density at radius 1 is 1.23 bits per heavy atom. The van der Waals surface area contributed by atoms with Gasteiger partial charge in [-0.25, -0.2) is 4.98 Å². The zero-order valence-corrected chi connectivity index (χ0v) is 18.0. The van der Waals surface area contributed by atoms with E-state index >= 15 is 0 Å². The second-order valence-corrected chi connectivity index (χ2v) is 9.07. The number of hydrogen-bond acceptors (Lipinski definition) is 6. The summed E-state index contributed by atoms with van der Waals surface area (Å²) < 4.78 is 11.9. The fraction of sp³-hybridized carbons (Fsp3) is 0.364. The molecule has 3 aromatic rings. The Labute approximate surface area is 183 Å². The van der Waals surface area contributed by atoms with E-state index in [2.05, 4.69) is 11.4 Å². The van der Waals surface area contributed by atoms with Crippen LogP contribution in [-0.2, 0) is 17.9 Å². The van der Waals surface area contributed by atoms with Crippen molar-refractivity contribution in [1.82, 2.24) is 15.2 Å². The summed E-state index contributed by atoms with van der Waals surface area (Å²) in [7, 11) is 0. The zero-order valence-electron chi connectivity index (χ0n) is 16.4. The summed E-state index contributed by atoms with van der Waals surface area (Å²) in [5.41, 5.74) is 1.98. The van der Waals surface area contributed by atoms with E-state index < -0.39 is 0 Å². The number of nitrogens with one attached hydrogen (secondary N) is 1. The Hall–Kier alpha value is -2.35. The Balaban J connectivity index is 1.17. The number of carbonyl (C=O) groups is 1. The molecule has 0 aliphatic carbocycles. The van der Waals surface area contributed by atoms with Crippen molar-refractivity contribution in [1.29, 1.82) is 0 Å². The monoisotopic (exact) mass is 443 g/mol. The lowest BCUT2D eigenvalue weighted by Gasteiger charge is -2.24. The topological polar surface area (TPSA) is 63.7 Å². The van der Waals surface area contributed by atoms with Crippen molar-refractivity contribution < 1.29 is 14.3 Å². The molecule has 2 aliphatic heterocycles. The molecule has 30 heavy (non-hydrogen) atoms. The third-order valence-corrected chi connectivity index (χ3v) is 6.98. The van der Waals surface area contributed by atoms with Crippen LogP contribution in [0.4, 0.5) is 0 Å². The van der Waals surface area contributed by atoms with Gasteiger partial charge in [0.15, 0.2) is 11.5 Å². The molecule has 6 nitrogen and oxygen atoms in total. The molecule has 1 amide bonds. The third kappa shape index (κ3) is 3.97. The molecule has 1 atom stereocenters. The van der Waals surface area contributed by atoms with Crippen molar-refractivity contribution in [3.8, 4) is 11.5 Å². The van der Waals surface area contributed by atoms with Gasteiger partial charge in [0.05, 0.1) is 16.8 Å². The van der Waals surface area contributed by atoms with Gasteiger partial charge in [-0.1, -0.05) is 23.7 Å². The molecule has 1 unspecified atom stereocenters. The summed E-state index contributed by atoms with van der Waals surface area (Å²) in [5, 5.41) is 5.11. The van der Waals surface area contributed by atoms with E-state index in [0.717, 1.165) is 45.9 Å². The summed E-state index contributed by atoms with van der Waals surface area (Å²) in [4.78, 5) is 19.1. The second-order valence-electron chi connectivity index (χ2n) is 7.55. The number of fused-ring (bicyclic) bond motifs is 2. The molecule has 8 heteroatoms. The van der Waals surface area contributed by atoms with Gasteiger partial charge in [0.25, 0.3) is 0 Å². The first-order valence-corrected chi connectivity index (χ1v) is 11.3. The van der Waals surface area contributed by atoms with Crippen LogP contribution in [0.5, 0.6) is 11.5 Å². The van der Waals surface area contributed by atoms with Gasteiger partial charge in [-0.3, -0.25) is 4.79 Å². The SMILES string of the molecule is O=C1CCC(CCNCc2cc3c(cc2Cl)OCO3)N1Cc1nc2ccccc2s1. The smallest absolute Gasteiger partial charge is 0.231 e. The third-order valence-electron chi connectivity index (χ3n) is 5.61. The fourth-order valence-electron chi connectivity index (χ4n) is 4.03. The zero-order chi connectivity index (χ0) is 20.5. The van der Waals surface area contributed by atoms with Gasteiger partial charge in [-0.05, 0) is 43.1 Å². The summed E-state index contributed by atoms with van der Waals surface area (Å²) >= 11 is 8.01. The fourth-order valence-corrected chi connectivity index (χ4v) is 5.22. The van der Waals surface area contributed by atoms with E-state index in [1.165, 1.54) is 0 Å². The van der Waals surface area contributed by atoms with E-state index in [9.17, 15) is 4.79 Å². The van der Waals surface area contributed by atoms with Crippen molar-refractivity contribution in [3.63, 3.8) is 0 Å². The minimum Gasteiger partial charge on any atom is -0.454 e. The first kappa shape index (κ1) is 19.6. The first-order valence-electron chi connectivity index (χ1n) is 10.1. The number of nitrogens with zero attached hydrogens (tertiary/aromatic N) is 2. The van der Waals surface area contributed by atoms with Gasteiger partial charge >= 0.3 is 0 Å². The highest BCUT2D eigenvalue weighted by molar-refractivity contribution is 7.18. The normalized spacial score (nSPS) is 18.0. The molecule has 1 fully saturated rings. The van der Waals surface area contributed by atoms with Crippen LogP contribution in [0.25, 0.3) is 10.2 Å². The number of benzene rings is 2. The average Bonchev–Trinajstić information content (AvgIpc) is 3.45. The summed E-state index contributed by atoms with van der Waals surface area (Å²) in [5.74, 6) is 1.65. The number of aromatic nitrogens is 1. The van der Waals surface area contributed by atoms with Crippen LogP contribution in [0, 0.1) is 0 Å². The Kier molecular flexibility index (Phi) is 5.50. The van der Waals surface area contributed by atoms with E-state index in [1.54, 1.807) is 17.4 Å². The molecule has 1 aromatic heterocycles. The van der Waals surface area contributed by atoms with Gasteiger partial charge in [-0.2, -0.15) is 0 Å². The Morgan fingerprint density at radius 3 is 2.93 bits per heavy atom. The molecule has 0 spiro atoms. The van der Waals surface area contributed by atoms with Crippen LogP contribution in [0.15, 0.2) is 36.4 Å². The molecule has 1 saturated heterocycles. The van der Waals surface area contributed by atoms with Crippen LogP contribution in [0.3, 0.4) is 0 Å². The summed E-state index contributed by atoms with van der Waals surface area (Å²) in [6.07, 6.45) is 2.42. The van der Waals surface area contributed by atoms with Crippen LogP contribution in [0.1, 0.15) is 29.8 Å². The van der Waals surface area contributed by atoms with Gasteiger partial charge in [0.1, 0.15) is 5.01 Å². The Bertz CT molecular complexity index is 1050. The molecular weight excluding hydrogens is 422 g/mol. The molecular formula is C22H22ClN3O3S. The number of thiazole rings is 1. The molecule has 0 radical (unpaired) electrons. The lowest BCUT2D eigenvalue weighted by Crippen LogP contribution is -2.34. The van der Waals surface area contributed by atoms with E-state index in [4.69, 9.17) is 26.1 Å². The highest BCUT2D eigenvalue weighted by atomic mass is 35.5. The molecule has 0 bridgehead atoms. The number of likely N-dealkylation sites (tertiary alicyclic amines) is 1. The molecule has 3 heterocycles. The quantitative estimate of drug-likeness (QED) is 0.550. The van der Waals surface area contributed by atoms with Gasteiger partial charge < -0.3 is 19.7 Å². The van der Waals surface area contributed by atoms with Crippen molar-refractivity contribution >= 4 is 39.1 Å². The number of amides is 1.